The molecule has 0 aliphatic heterocycles. The molecule has 3 unspecified atom stereocenters. The predicted octanol–water partition coefficient (Wildman–Crippen LogP) is 13.5. The molecule has 6 heteroatoms. The number of unbranched alkanes of at least 4 members (excludes halogenated alkanes) is 21. The van der Waals surface area contributed by atoms with Crippen molar-refractivity contribution >= 4 is 11.9 Å². The molecule has 3 N–H and O–H groups in total. The topological polar surface area (TPSA) is 95.9 Å². The maximum atomic E-state index is 13.1. The molecule has 0 aliphatic carbocycles. The van der Waals surface area contributed by atoms with Crippen LogP contribution in [0.25, 0.3) is 0 Å². The van der Waals surface area contributed by atoms with Crippen molar-refractivity contribution in [1.82, 2.24) is 5.32 Å². The van der Waals surface area contributed by atoms with E-state index in [-0.39, 0.29) is 24.9 Å². The second-order valence-corrected chi connectivity index (χ2v) is 15.8. The van der Waals surface area contributed by atoms with Crippen molar-refractivity contribution in [3.05, 3.63) is 48.6 Å². The first-order chi connectivity index (χ1) is 27.0. The van der Waals surface area contributed by atoms with Gasteiger partial charge in [0.2, 0.25) is 5.91 Å². The molecule has 55 heavy (non-hydrogen) atoms. The summed E-state index contributed by atoms with van der Waals surface area (Å²) >= 11 is 0. The number of allylic oxidation sites excluding steroid dienone is 8. The minimum absolute atomic E-state index is 0.0574. The van der Waals surface area contributed by atoms with Crippen LogP contribution in [0.2, 0.25) is 0 Å². The summed E-state index contributed by atoms with van der Waals surface area (Å²) in [5.41, 5.74) is 0. The summed E-state index contributed by atoms with van der Waals surface area (Å²) in [6.07, 6.45) is 50.3. The lowest BCUT2D eigenvalue weighted by atomic mass is 10.0. The van der Waals surface area contributed by atoms with Gasteiger partial charge in [0.1, 0.15) is 6.10 Å². The van der Waals surface area contributed by atoms with E-state index in [1.807, 2.05) is 0 Å². The number of amides is 1. The van der Waals surface area contributed by atoms with Gasteiger partial charge in [0, 0.05) is 6.42 Å². The van der Waals surface area contributed by atoms with Gasteiger partial charge in [0.05, 0.1) is 25.2 Å². The molecule has 0 spiro atoms. The highest BCUT2D eigenvalue weighted by molar-refractivity contribution is 5.77. The van der Waals surface area contributed by atoms with Crippen molar-refractivity contribution in [2.75, 3.05) is 6.61 Å². The third-order valence-electron chi connectivity index (χ3n) is 10.4. The minimum atomic E-state index is -0.793. The fourth-order valence-corrected chi connectivity index (χ4v) is 6.85. The van der Waals surface area contributed by atoms with E-state index in [4.69, 9.17) is 4.74 Å². The van der Waals surface area contributed by atoms with Gasteiger partial charge < -0.3 is 20.3 Å². The number of carbonyl (C=O) groups is 2. The van der Waals surface area contributed by atoms with Gasteiger partial charge in [-0.3, -0.25) is 9.59 Å². The number of nitrogens with one attached hydrogen (secondary N) is 1. The molecular weight excluding hydrogens is 683 g/mol. The van der Waals surface area contributed by atoms with Crippen molar-refractivity contribution in [2.24, 2.45) is 0 Å². The van der Waals surface area contributed by atoms with Crippen LogP contribution < -0.4 is 5.32 Å². The Bertz CT molecular complexity index is 957. The summed E-state index contributed by atoms with van der Waals surface area (Å²) in [5, 5.41) is 23.6. The Labute approximate surface area is 340 Å². The fraction of sp³-hybridized carbons (Fsp3) is 0.796. The summed E-state index contributed by atoms with van der Waals surface area (Å²) in [4.78, 5) is 26.0. The second kappa shape index (κ2) is 43.0. The van der Waals surface area contributed by atoms with E-state index in [1.165, 1.54) is 77.0 Å². The molecular formula is C49H89NO5. The maximum Gasteiger partial charge on any atom is 0.306 e. The molecule has 320 valence electrons. The van der Waals surface area contributed by atoms with E-state index in [2.05, 4.69) is 74.7 Å². The van der Waals surface area contributed by atoms with E-state index in [9.17, 15) is 19.8 Å². The SMILES string of the molecule is CC/C=C/C/C=C/C/C=C/CCCCCCC(=O)OC(CCCCC/C=C\CCCCC)CC(=O)NC(CO)C(O)CCCCCCCCCCCCCC. The molecule has 0 saturated carbocycles. The van der Waals surface area contributed by atoms with E-state index in [0.29, 0.717) is 19.3 Å². The van der Waals surface area contributed by atoms with Crippen LogP contribution in [0.5, 0.6) is 0 Å². The molecule has 0 aliphatic rings. The van der Waals surface area contributed by atoms with Gasteiger partial charge in [0.25, 0.3) is 0 Å². The quantitative estimate of drug-likeness (QED) is 0.0327. The molecule has 6 nitrogen and oxygen atoms in total. The van der Waals surface area contributed by atoms with Gasteiger partial charge >= 0.3 is 5.97 Å². The van der Waals surface area contributed by atoms with E-state index in [1.54, 1.807) is 0 Å². The molecule has 0 bridgehead atoms. The number of hydrogen-bond donors (Lipinski definition) is 3. The first-order valence-corrected chi connectivity index (χ1v) is 23.4. The summed E-state index contributed by atoms with van der Waals surface area (Å²) in [7, 11) is 0. The standard InChI is InChI=1S/C49H89NO5/c1-4-7-10-13-16-19-22-24-25-27-30-33-36-39-42-49(54)55-45(40-37-34-31-28-21-18-15-12-9-6-3)43-48(53)50-46(44-51)47(52)41-38-35-32-29-26-23-20-17-14-11-8-5-2/h7,10,16,18-19,21,24-25,45-47,51-52H,4-6,8-9,11-15,17,20,22-23,26-44H2,1-3H3,(H,50,53)/b10-7+,19-16+,21-18-,25-24+. The Morgan fingerprint density at radius 2 is 0.982 bits per heavy atom. The second-order valence-electron chi connectivity index (χ2n) is 15.8. The van der Waals surface area contributed by atoms with Crippen molar-refractivity contribution in [1.29, 1.82) is 0 Å². The molecule has 0 heterocycles. The van der Waals surface area contributed by atoms with Crippen LogP contribution in [0.15, 0.2) is 48.6 Å². The van der Waals surface area contributed by atoms with Gasteiger partial charge in [-0.15, -0.1) is 0 Å². The molecule has 0 fully saturated rings. The number of ether oxygens (including phenoxy) is 1. The Morgan fingerprint density at radius 1 is 0.545 bits per heavy atom. The van der Waals surface area contributed by atoms with Crippen LogP contribution in [-0.4, -0.2) is 46.9 Å². The lowest BCUT2D eigenvalue weighted by Crippen LogP contribution is -2.46. The van der Waals surface area contributed by atoms with Gasteiger partial charge in [-0.05, 0) is 83.5 Å². The number of carbonyl (C=O) groups excluding carboxylic acids is 2. The highest BCUT2D eigenvalue weighted by Crippen LogP contribution is 2.17. The zero-order chi connectivity index (χ0) is 40.3. The largest absolute Gasteiger partial charge is 0.462 e. The third kappa shape index (κ3) is 38.5. The zero-order valence-corrected chi connectivity index (χ0v) is 36.3. The molecule has 1 amide bonds. The maximum absolute atomic E-state index is 13.1. The van der Waals surface area contributed by atoms with E-state index < -0.39 is 18.2 Å². The molecule has 0 radical (unpaired) electrons. The number of rotatable bonds is 41. The summed E-state index contributed by atoms with van der Waals surface area (Å²) in [6, 6.07) is -0.708. The molecule has 3 atom stereocenters. The number of hydrogen-bond acceptors (Lipinski definition) is 5. The molecule has 0 aromatic carbocycles. The number of aliphatic hydroxyl groups excluding tert-OH is 2. The summed E-state index contributed by atoms with van der Waals surface area (Å²) in [5.74, 6) is -0.517. The lowest BCUT2D eigenvalue weighted by molar-refractivity contribution is -0.151. The molecule has 0 rings (SSSR count). The summed E-state index contributed by atoms with van der Waals surface area (Å²) in [6.45, 7) is 6.32. The average Bonchev–Trinajstić information content (AvgIpc) is 3.18. The lowest BCUT2D eigenvalue weighted by Gasteiger charge is -2.24. The Morgan fingerprint density at radius 3 is 1.56 bits per heavy atom. The van der Waals surface area contributed by atoms with Crippen molar-refractivity contribution in [3.63, 3.8) is 0 Å². The van der Waals surface area contributed by atoms with Crippen LogP contribution in [0.3, 0.4) is 0 Å². The first kappa shape index (κ1) is 52.8. The van der Waals surface area contributed by atoms with Crippen molar-refractivity contribution in [2.45, 2.75) is 244 Å². The van der Waals surface area contributed by atoms with Gasteiger partial charge in [-0.25, -0.2) is 0 Å². The normalized spacial score (nSPS) is 13.8. The third-order valence-corrected chi connectivity index (χ3v) is 10.4. The van der Waals surface area contributed by atoms with Crippen molar-refractivity contribution < 1.29 is 24.5 Å². The van der Waals surface area contributed by atoms with Crippen LogP contribution in [0, 0.1) is 0 Å². The highest BCUT2D eigenvalue weighted by Gasteiger charge is 2.24. The monoisotopic (exact) mass is 772 g/mol. The molecule has 0 saturated heterocycles. The van der Waals surface area contributed by atoms with Crippen molar-refractivity contribution in [3.8, 4) is 0 Å². The van der Waals surface area contributed by atoms with E-state index >= 15 is 0 Å². The smallest absolute Gasteiger partial charge is 0.306 e. The first-order valence-electron chi connectivity index (χ1n) is 23.4. The molecule has 0 aromatic rings. The highest BCUT2D eigenvalue weighted by atomic mass is 16.5. The molecule has 0 aromatic heterocycles. The Balaban J connectivity index is 4.60. The number of esters is 1. The Kier molecular flexibility index (Phi) is 41.2. The average molecular weight is 772 g/mol. The Hall–Kier alpha value is -2.18. The van der Waals surface area contributed by atoms with Gasteiger partial charge in [-0.1, -0.05) is 179 Å². The zero-order valence-electron chi connectivity index (χ0n) is 36.3. The van der Waals surface area contributed by atoms with Gasteiger partial charge in [-0.2, -0.15) is 0 Å². The van der Waals surface area contributed by atoms with Gasteiger partial charge in [0.15, 0.2) is 0 Å². The van der Waals surface area contributed by atoms with E-state index in [0.717, 1.165) is 103 Å². The summed E-state index contributed by atoms with van der Waals surface area (Å²) < 4.78 is 5.88. The van der Waals surface area contributed by atoms with Crippen LogP contribution in [0.1, 0.15) is 226 Å². The number of aliphatic hydroxyl groups is 2. The van der Waals surface area contributed by atoms with Crippen LogP contribution >= 0.6 is 0 Å². The van der Waals surface area contributed by atoms with Crippen LogP contribution in [0.4, 0.5) is 0 Å². The fourth-order valence-electron chi connectivity index (χ4n) is 6.85. The minimum Gasteiger partial charge on any atom is -0.462 e. The predicted molar refractivity (Wildman–Crippen MR) is 236 cm³/mol. The van der Waals surface area contributed by atoms with Crippen LogP contribution in [-0.2, 0) is 14.3 Å².